The van der Waals surface area contributed by atoms with Crippen molar-refractivity contribution in [3.05, 3.63) is 56.6 Å². The maximum atomic E-state index is 13.9. The number of nitrogens with zero attached hydrogens (tertiary/aromatic N) is 7. The number of imidazole rings is 1. The van der Waals surface area contributed by atoms with Crippen molar-refractivity contribution >= 4 is 34.0 Å². The zero-order chi connectivity index (χ0) is 28.4. The summed E-state index contributed by atoms with van der Waals surface area (Å²) in [5, 5.41) is 0.888. The van der Waals surface area contributed by atoms with E-state index in [0.717, 1.165) is 35.0 Å². The number of ether oxygens (including phenoxy) is 2. The van der Waals surface area contributed by atoms with E-state index in [4.69, 9.17) is 20.2 Å². The molecule has 0 aliphatic carbocycles. The van der Waals surface area contributed by atoms with Gasteiger partial charge in [-0.1, -0.05) is 18.2 Å². The minimum atomic E-state index is -0.696. The second-order valence-electron chi connectivity index (χ2n) is 9.89. The van der Waals surface area contributed by atoms with Crippen molar-refractivity contribution in [3.63, 3.8) is 0 Å². The third kappa shape index (κ3) is 5.21. The number of esters is 1. The highest BCUT2D eigenvalue weighted by Crippen LogP contribution is 2.23. The van der Waals surface area contributed by atoms with Gasteiger partial charge in [-0.15, -0.1) is 0 Å². The molecular weight excluding hydrogens is 516 g/mol. The van der Waals surface area contributed by atoms with Crippen molar-refractivity contribution in [2.75, 3.05) is 38.3 Å². The van der Waals surface area contributed by atoms with Crippen molar-refractivity contribution < 1.29 is 14.3 Å². The van der Waals surface area contributed by atoms with E-state index in [1.165, 1.54) is 11.7 Å². The van der Waals surface area contributed by atoms with Crippen LogP contribution in [0.3, 0.4) is 0 Å². The Kier molecular flexibility index (Phi) is 7.94. The first kappa shape index (κ1) is 27.5. The number of carbonyl (C=O) groups is 1. The van der Waals surface area contributed by atoms with Crippen molar-refractivity contribution in [1.29, 1.82) is 0 Å². The number of fused-ring (bicyclic) bond motifs is 2. The van der Waals surface area contributed by atoms with Gasteiger partial charge in [0.05, 0.1) is 18.7 Å². The number of aryl methyl sites for hydroxylation is 2. The second-order valence-corrected chi connectivity index (χ2v) is 9.89. The second kappa shape index (κ2) is 11.6. The van der Waals surface area contributed by atoms with Gasteiger partial charge in [-0.3, -0.25) is 18.7 Å². The number of hydrogen-bond acceptors (Lipinski definition) is 10. The summed E-state index contributed by atoms with van der Waals surface area (Å²) in [4.78, 5) is 56.4. The molecule has 0 radical (unpaired) electrons. The van der Waals surface area contributed by atoms with E-state index >= 15 is 0 Å². The predicted molar refractivity (Wildman–Crippen MR) is 150 cm³/mol. The molecular formula is C27H34N8O5. The summed E-state index contributed by atoms with van der Waals surface area (Å²) < 4.78 is 14.2. The van der Waals surface area contributed by atoms with E-state index in [-0.39, 0.29) is 37.0 Å². The molecule has 1 aliphatic heterocycles. The van der Waals surface area contributed by atoms with Gasteiger partial charge in [0.1, 0.15) is 19.0 Å². The zero-order valence-corrected chi connectivity index (χ0v) is 23.0. The van der Waals surface area contributed by atoms with Crippen LogP contribution in [0.5, 0.6) is 0 Å². The monoisotopic (exact) mass is 550 g/mol. The average Bonchev–Trinajstić information content (AvgIpc) is 3.33. The lowest BCUT2D eigenvalue weighted by Gasteiger charge is -2.31. The fraction of sp³-hybridized carbons (Fsp3) is 0.481. The minimum Gasteiger partial charge on any atom is -0.462 e. The molecule has 13 nitrogen and oxygen atoms in total. The summed E-state index contributed by atoms with van der Waals surface area (Å²) in [6, 6.07) is 7.52. The Balaban J connectivity index is 1.67. The highest BCUT2D eigenvalue weighted by molar-refractivity contribution is 5.80. The van der Waals surface area contributed by atoms with Crippen molar-refractivity contribution in [2.24, 2.45) is 5.73 Å². The molecule has 1 aromatic carbocycles. The Morgan fingerprint density at radius 1 is 1.10 bits per heavy atom. The molecule has 4 aromatic rings. The standard InChI is InChI=1S/C27H34N8O5/c1-4-33-23-24(31-26(33)32-11-7-8-18(28)14-32)34(16-22(36)40-13-12-39-3)27(38)35(25(23)37)15-21-29-17(2)19-9-5-6-10-20(19)30-21/h5-6,9-10,18H,4,7-8,11-16,28H2,1-3H3. The quantitative estimate of drug-likeness (QED) is 0.234. The first-order valence-electron chi connectivity index (χ1n) is 13.4. The van der Waals surface area contributed by atoms with Crippen molar-refractivity contribution in [1.82, 2.24) is 28.7 Å². The van der Waals surface area contributed by atoms with E-state index in [9.17, 15) is 14.4 Å². The largest absolute Gasteiger partial charge is 0.462 e. The first-order valence-corrected chi connectivity index (χ1v) is 13.4. The number of rotatable bonds is 9. The Bertz CT molecular complexity index is 1670. The lowest BCUT2D eigenvalue weighted by Crippen LogP contribution is -2.44. The third-order valence-corrected chi connectivity index (χ3v) is 7.13. The number of nitrogens with two attached hydrogens (primary N) is 1. The van der Waals surface area contributed by atoms with Crippen LogP contribution in [-0.4, -0.2) is 74.1 Å². The van der Waals surface area contributed by atoms with Gasteiger partial charge < -0.3 is 24.7 Å². The number of anilines is 1. The summed E-state index contributed by atoms with van der Waals surface area (Å²) in [6.45, 7) is 5.15. The number of benzene rings is 1. The smallest absolute Gasteiger partial charge is 0.333 e. The normalized spacial score (nSPS) is 15.7. The maximum Gasteiger partial charge on any atom is 0.333 e. The van der Waals surface area contributed by atoms with Crippen LogP contribution < -0.4 is 21.9 Å². The summed E-state index contributed by atoms with van der Waals surface area (Å²) in [5.74, 6) is 0.214. The highest BCUT2D eigenvalue weighted by Gasteiger charge is 2.27. The van der Waals surface area contributed by atoms with Gasteiger partial charge in [0.25, 0.3) is 5.56 Å². The molecule has 0 spiro atoms. The molecule has 0 amide bonds. The molecule has 1 atom stereocenters. The van der Waals surface area contributed by atoms with Gasteiger partial charge in [0, 0.05) is 43.9 Å². The van der Waals surface area contributed by atoms with Crippen LogP contribution in [-0.2, 0) is 33.9 Å². The van der Waals surface area contributed by atoms with E-state index in [0.29, 0.717) is 30.4 Å². The fourth-order valence-electron chi connectivity index (χ4n) is 5.21. The molecule has 3 aromatic heterocycles. The van der Waals surface area contributed by atoms with Gasteiger partial charge in [0.2, 0.25) is 5.95 Å². The van der Waals surface area contributed by atoms with Crippen molar-refractivity contribution in [3.8, 4) is 0 Å². The van der Waals surface area contributed by atoms with Gasteiger partial charge in [-0.25, -0.2) is 14.8 Å². The lowest BCUT2D eigenvalue weighted by molar-refractivity contribution is -0.145. The summed E-state index contributed by atoms with van der Waals surface area (Å²) in [6.07, 6.45) is 1.79. The fourth-order valence-corrected chi connectivity index (χ4v) is 5.21. The van der Waals surface area contributed by atoms with E-state index in [1.54, 1.807) is 4.57 Å². The highest BCUT2D eigenvalue weighted by atomic mass is 16.6. The van der Waals surface area contributed by atoms with E-state index in [1.807, 2.05) is 43.0 Å². The van der Waals surface area contributed by atoms with Crippen LogP contribution >= 0.6 is 0 Å². The Hall–Kier alpha value is -4.10. The van der Waals surface area contributed by atoms with Gasteiger partial charge >= 0.3 is 11.7 Å². The maximum absolute atomic E-state index is 13.9. The van der Waals surface area contributed by atoms with Gasteiger partial charge in [0.15, 0.2) is 11.2 Å². The molecule has 40 heavy (non-hydrogen) atoms. The third-order valence-electron chi connectivity index (χ3n) is 7.13. The molecule has 0 bridgehead atoms. The predicted octanol–water partition coefficient (Wildman–Crippen LogP) is 0.797. The molecule has 1 fully saturated rings. The number of piperidine rings is 1. The molecule has 2 N–H and O–H groups in total. The summed E-state index contributed by atoms with van der Waals surface area (Å²) >= 11 is 0. The molecule has 4 heterocycles. The van der Waals surface area contributed by atoms with Crippen LogP contribution in [0.25, 0.3) is 22.1 Å². The molecule has 5 rings (SSSR count). The molecule has 0 saturated carbocycles. The van der Waals surface area contributed by atoms with E-state index in [2.05, 4.69) is 9.97 Å². The molecule has 1 saturated heterocycles. The summed E-state index contributed by atoms with van der Waals surface area (Å²) in [7, 11) is 1.50. The van der Waals surface area contributed by atoms with Crippen LogP contribution in [0.1, 0.15) is 31.3 Å². The number of aromatic nitrogens is 6. The zero-order valence-electron chi connectivity index (χ0n) is 23.0. The van der Waals surface area contributed by atoms with Crippen LogP contribution in [0, 0.1) is 6.92 Å². The van der Waals surface area contributed by atoms with Gasteiger partial charge in [-0.2, -0.15) is 4.98 Å². The molecule has 13 heteroatoms. The van der Waals surface area contributed by atoms with E-state index < -0.39 is 23.8 Å². The van der Waals surface area contributed by atoms with Crippen molar-refractivity contribution in [2.45, 2.75) is 52.4 Å². The molecule has 1 unspecified atom stereocenters. The number of para-hydroxylation sites is 1. The Morgan fingerprint density at radius 3 is 2.65 bits per heavy atom. The van der Waals surface area contributed by atoms with Gasteiger partial charge in [-0.05, 0) is 32.8 Å². The minimum absolute atomic E-state index is 0.0261. The first-order chi connectivity index (χ1) is 19.3. The number of hydrogen-bond donors (Lipinski definition) is 1. The van der Waals surface area contributed by atoms with Crippen LogP contribution in [0.4, 0.5) is 5.95 Å². The number of carbonyl (C=O) groups excluding carboxylic acids is 1. The Morgan fingerprint density at radius 2 is 1.90 bits per heavy atom. The average molecular weight is 551 g/mol. The van der Waals surface area contributed by atoms with Crippen LogP contribution in [0.2, 0.25) is 0 Å². The SMILES string of the molecule is CCn1c(N2CCCC(N)C2)nc2c1c(=O)n(Cc1nc(C)c3ccccc3n1)c(=O)n2CC(=O)OCCOC. The molecule has 212 valence electrons. The number of methoxy groups -OCH3 is 1. The summed E-state index contributed by atoms with van der Waals surface area (Å²) in [5.41, 5.74) is 6.80. The van der Waals surface area contributed by atoms with Crippen LogP contribution in [0.15, 0.2) is 33.9 Å². The molecule has 1 aliphatic rings. The topological polar surface area (TPSA) is 152 Å². The lowest BCUT2D eigenvalue weighted by atomic mass is 10.1. The Labute approximate surface area is 230 Å².